The molecule has 0 aliphatic rings. The number of amides is 1. The number of carbonyl (C=O) groups is 1. The van der Waals surface area contributed by atoms with Crippen LogP contribution >= 0.6 is 0 Å². The molecule has 1 aromatic rings. The SMILES string of the molecule is CCC(COC)NC(=O)c1ccc(N)nc1. The summed E-state index contributed by atoms with van der Waals surface area (Å²) in [5.41, 5.74) is 5.94. The fraction of sp³-hybridized carbons (Fsp3) is 0.455. The Bertz CT molecular complexity index is 338. The summed E-state index contributed by atoms with van der Waals surface area (Å²) in [6, 6.07) is 3.28. The van der Waals surface area contributed by atoms with Crippen molar-refractivity contribution in [1.82, 2.24) is 10.3 Å². The molecule has 1 rings (SSSR count). The van der Waals surface area contributed by atoms with Gasteiger partial charge in [-0.1, -0.05) is 6.92 Å². The van der Waals surface area contributed by atoms with Crippen LogP contribution in [0.15, 0.2) is 18.3 Å². The van der Waals surface area contributed by atoms with Crippen LogP contribution in [0, 0.1) is 0 Å². The van der Waals surface area contributed by atoms with Crippen molar-refractivity contribution in [2.75, 3.05) is 19.5 Å². The zero-order valence-electron chi connectivity index (χ0n) is 9.56. The lowest BCUT2D eigenvalue weighted by Crippen LogP contribution is -2.37. The lowest BCUT2D eigenvalue weighted by Gasteiger charge is -2.15. The van der Waals surface area contributed by atoms with Gasteiger partial charge in [0.05, 0.1) is 18.2 Å². The number of hydrogen-bond donors (Lipinski definition) is 2. The van der Waals surface area contributed by atoms with Crippen LogP contribution in [0.1, 0.15) is 23.7 Å². The minimum atomic E-state index is -0.156. The molecule has 0 saturated carbocycles. The molecular weight excluding hydrogens is 206 g/mol. The van der Waals surface area contributed by atoms with E-state index in [0.717, 1.165) is 6.42 Å². The van der Waals surface area contributed by atoms with Gasteiger partial charge in [0.15, 0.2) is 0 Å². The van der Waals surface area contributed by atoms with Crippen molar-refractivity contribution in [3.63, 3.8) is 0 Å². The number of rotatable bonds is 5. The molecule has 5 nitrogen and oxygen atoms in total. The second kappa shape index (κ2) is 6.07. The van der Waals surface area contributed by atoms with E-state index in [1.165, 1.54) is 6.20 Å². The molecule has 16 heavy (non-hydrogen) atoms. The largest absolute Gasteiger partial charge is 0.384 e. The van der Waals surface area contributed by atoms with Gasteiger partial charge in [0.25, 0.3) is 5.91 Å². The molecule has 1 unspecified atom stereocenters. The number of nitrogen functional groups attached to an aromatic ring is 1. The molecule has 0 radical (unpaired) electrons. The summed E-state index contributed by atoms with van der Waals surface area (Å²) in [4.78, 5) is 15.6. The van der Waals surface area contributed by atoms with E-state index in [9.17, 15) is 4.79 Å². The maximum Gasteiger partial charge on any atom is 0.253 e. The van der Waals surface area contributed by atoms with Crippen molar-refractivity contribution >= 4 is 11.7 Å². The van der Waals surface area contributed by atoms with Crippen molar-refractivity contribution in [3.05, 3.63) is 23.9 Å². The highest BCUT2D eigenvalue weighted by molar-refractivity contribution is 5.94. The van der Waals surface area contributed by atoms with Crippen molar-refractivity contribution in [2.45, 2.75) is 19.4 Å². The number of carbonyl (C=O) groups excluding carboxylic acids is 1. The van der Waals surface area contributed by atoms with E-state index in [1.807, 2.05) is 6.92 Å². The second-order valence-electron chi connectivity index (χ2n) is 3.51. The van der Waals surface area contributed by atoms with Gasteiger partial charge in [-0.15, -0.1) is 0 Å². The van der Waals surface area contributed by atoms with Gasteiger partial charge >= 0.3 is 0 Å². The molecule has 3 N–H and O–H groups in total. The van der Waals surface area contributed by atoms with E-state index in [0.29, 0.717) is 18.0 Å². The fourth-order valence-electron chi connectivity index (χ4n) is 1.27. The quantitative estimate of drug-likeness (QED) is 0.774. The molecule has 0 fully saturated rings. The summed E-state index contributed by atoms with van der Waals surface area (Å²) in [5, 5.41) is 2.86. The number of methoxy groups -OCH3 is 1. The molecule has 0 aromatic carbocycles. The molecule has 0 bridgehead atoms. The summed E-state index contributed by atoms with van der Waals surface area (Å²) in [7, 11) is 1.61. The summed E-state index contributed by atoms with van der Waals surface area (Å²) < 4.78 is 5.00. The zero-order chi connectivity index (χ0) is 12.0. The first-order valence-corrected chi connectivity index (χ1v) is 5.18. The first-order chi connectivity index (χ1) is 7.67. The third-order valence-electron chi connectivity index (χ3n) is 2.24. The van der Waals surface area contributed by atoms with Gasteiger partial charge in [0.1, 0.15) is 5.82 Å². The molecule has 0 aliphatic heterocycles. The van der Waals surface area contributed by atoms with Gasteiger partial charge in [-0.05, 0) is 18.6 Å². The number of ether oxygens (including phenoxy) is 1. The number of nitrogens with one attached hydrogen (secondary N) is 1. The maximum absolute atomic E-state index is 11.8. The molecule has 1 atom stereocenters. The van der Waals surface area contributed by atoms with Gasteiger partial charge in [-0.3, -0.25) is 4.79 Å². The van der Waals surface area contributed by atoms with E-state index < -0.39 is 0 Å². The fourth-order valence-corrected chi connectivity index (χ4v) is 1.27. The number of anilines is 1. The molecular formula is C11H17N3O2. The summed E-state index contributed by atoms with van der Waals surface area (Å²) in [6.07, 6.45) is 2.28. The van der Waals surface area contributed by atoms with E-state index in [4.69, 9.17) is 10.5 Å². The van der Waals surface area contributed by atoms with E-state index in [1.54, 1.807) is 19.2 Å². The van der Waals surface area contributed by atoms with Gasteiger partial charge < -0.3 is 15.8 Å². The first-order valence-electron chi connectivity index (χ1n) is 5.18. The Hall–Kier alpha value is -1.62. The lowest BCUT2D eigenvalue weighted by atomic mass is 10.2. The van der Waals surface area contributed by atoms with Crippen LogP contribution in [-0.4, -0.2) is 30.6 Å². The van der Waals surface area contributed by atoms with Crippen LogP contribution in [0.3, 0.4) is 0 Å². The molecule has 0 spiro atoms. The molecule has 1 heterocycles. The van der Waals surface area contributed by atoms with Crippen molar-refractivity contribution in [2.24, 2.45) is 0 Å². The zero-order valence-corrected chi connectivity index (χ0v) is 9.56. The minimum absolute atomic E-state index is 0.0232. The minimum Gasteiger partial charge on any atom is -0.384 e. The van der Waals surface area contributed by atoms with Crippen molar-refractivity contribution in [3.8, 4) is 0 Å². The summed E-state index contributed by atoms with van der Waals surface area (Å²) >= 11 is 0. The van der Waals surface area contributed by atoms with E-state index in [-0.39, 0.29) is 11.9 Å². The highest BCUT2D eigenvalue weighted by Gasteiger charge is 2.11. The predicted molar refractivity (Wildman–Crippen MR) is 62.1 cm³/mol. The molecule has 1 aromatic heterocycles. The smallest absolute Gasteiger partial charge is 0.253 e. The third-order valence-corrected chi connectivity index (χ3v) is 2.24. The highest BCUT2D eigenvalue weighted by Crippen LogP contribution is 2.02. The Morgan fingerprint density at radius 2 is 2.38 bits per heavy atom. The number of hydrogen-bond acceptors (Lipinski definition) is 4. The first kappa shape index (κ1) is 12.4. The predicted octanol–water partition coefficient (Wildman–Crippen LogP) is 0.819. The topological polar surface area (TPSA) is 77.2 Å². The van der Waals surface area contributed by atoms with Crippen LogP contribution in [0.25, 0.3) is 0 Å². The monoisotopic (exact) mass is 223 g/mol. The number of nitrogens with two attached hydrogens (primary N) is 1. The Labute approximate surface area is 95.0 Å². The Morgan fingerprint density at radius 1 is 1.62 bits per heavy atom. The third kappa shape index (κ3) is 3.51. The lowest BCUT2D eigenvalue weighted by molar-refractivity contribution is 0.0894. The summed E-state index contributed by atoms with van der Waals surface area (Å²) in [5.74, 6) is 0.247. The highest BCUT2D eigenvalue weighted by atomic mass is 16.5. The summed E-state index contributed by atoms with van der Waals surface area (Å²) in [6.45, 7) is 2.50. The average molecular weight is 223 g/mol. The Morgan fingerprint density at radius 3 is 2.88 bits per heavy atom. The van der Waals surface area contributed by atoms with E-state index >= 15 is 0 Å². The van der Waals surface area contributed by atoms with Crippen molar-refractivity contribution < 1.29 is 9.53 Å². The molecule has 0 aliphatic carbocycles. The molecule has 1 amide bonds. The van der Waals surface area contributed by atoms with Gasteiger partial charge in [-0.2, -0.15) is 0 Å². The molecule has 5 heteroatoms. The maximum atomic E-state index is 11.8. The van der Waals surface area contributed by atoms with Crippen LogP contribution in [-0.2, 0) is 4.74 Å². The van der Waals surface area contributed by atoms with Gasteiger partial charge in [0, 0.05) is 13.3 Å². The van der Waals surface area contributed by atoms with Crippen LogP contribution in [0.4, 0.5) is 5.82 Å². The van der Waals surface area contributed by atoms with Gasteiger partial charge in [-0.25, -0.2) is 4.98 Å². The van der Waals surface area contributed by atoms with Gasteiger partial charge in [0.2, 0.25) is 0 Å². The van der Waals surface area contributed by atoms with Crippen molar-refractivity contribution in [1.29, 1.82) is 0 Å². The molecule has 88 valence electrons. The van der Waals surface area contributed by atoms with Crippen LogP contribution in [0.5, 0.6) is 0 Å². The Balaban J connectivity index is 2.60. The number of pyridine rings is 1. The number of nitrogens with zero attached hydrogens (tertiary/aromatic N) is 1. The Kier molecular flexibility index (Phi) is 4.72. The van der Waals surface area contributed by atoms with Crippen LogP contribution in [0.2, 0.25) is 0 Å². The standard InChI is InChI=1S/C11H17N3O2/c1-3-9(7-16-2)14-11(15)8-4-5-10(12)13-6-8/h4-6,9H,3,7H2,1-2H3,(H2,12,13)(H,14,15). The molecule has 0 saturated heterocycles. The second-order valence-corrected chi connectivity index (χ2v) is 3.51. The van der Waals surface area contributed by atoms with Crippen LogP contribution < -0.4 is 11.1 Å². The number of aromatic nitrogens is 1. The normalized spacial score (nSPS) is 12.1. The van der Waals surface area contributed by atoms with E-state index in [2.05, 4.69) is 10.3 Å². The average Bonchev–Trinajstić information content (AvgIpc) is 2.29.